The number of benzene rings is 1. The van der Waals surface area contributed by atoms with Gasteiger partial charge in [-0.2, -0.15) is 0 Å². The summed E-state index contributed by atoms with van der Waals surface area (Å²) in [5, 5.41) is 15.4. The van der Waals surface area contributed by atoms with Crippen LogP contribution in [0.3, 0.4) is 0 Å². The first-order chi connectivity index (χ1) is 14.2. The molecular weight excluding hydrogens is 411 g/mol. The second kappa shape index (κ2) is 7.98. The fraction of sp³-hybridized carbons (Fsp3) is 0.619. The number of carbonyl (C=O) groups is 2. The maximum Gasteiger partial charge on any atom is 0.243 e. The summed E-state index contributed by atoms with van der Waals surface area (Å²) in [5.74, 6) is -0.856. The lowest BCUT2D eigenvalue weighted by molar-refractivity contribution is -0.137. The molecule has 3 fully saturated rings. The molecule has 2 heterocycles. The Kier molecular flexibility index (Phi) is 5.67. The van der Waals surface area contributed by atoms with Gasteiger partial charge in [0, 0.05) is 37.3 Å². The summed E-state index contributed by atoms with van der Waals surface area (Å²) in [6.45, 7) is 5.57. The van der Waals surface area contributed by atoms with Gasteiger partial charge < -0.3 is 20.2 Å². The van der Waals surface area contributed by atoms with Gasteiger partial charge in [-0.1, -0.05) is 18.5 Å². The highest BCUT2D eigenvalue weighted by Crippen LogP contribution is 2.45. The Morgan fingerprint density at radius 3 is 2.70 bits per heavy atom. The lowest BCUT2D eigenvalue weighted by Crippen LogP contribution is -2.56. The van der Waals surface area contributed by atoms with Crippen LogP contribution < -0.4 is 15.5 Å². The topological polar surface area (TPSA) is 84.9 Å². The average Bonchev–Trinajstić information content (AvgIpc) is 3.50. The molecule has 1 saturated carbocycles. The third-order valence-electron chi connectivity index (χ3n) is 6.57. The van der Waals surface area contributed by atoms with Gasteiger partial charge in [-0.05, 0) is 50.3 Å². The minimum atomic E-state index is -1.06. The van der Waals surface area contributed by atoms with Crippen LogP contribution in [0.1, 0.15) is 33.1 Å². The number of nitrogens with one attached hydrogen (secondary N) is 2. The van der Waals surface area contributed by atoms with Crippen molar-refractivity contribution in [1.82, 2.24) is 15.5 Å². The van der Waals surface area contributed by atoms with E-state index in [4.69, 9.17) is 11.6 Å². The fourth-order valence-corrected chi connectivity index (χ4v) is 5.06. The van der Waals surface area contributed by atoms with E-state index in [2.05, 4.69) is 15.5 Å². The van der Waals surface area contributed by atoms with Crippen molar-refractivity contribution in [3.63, 3.8) is 0 Å². The van der Waals surface area contributed by atoms with Gasteiger partial charge in [0.05, 0.1) is 5.02 Å². The zero-order chi connectivity index (χ0) is 21.6. The van der Waals surface area contributed by atoms with E-state index in [1.165, 1.54) is 6.07 Å². The monoisotopic (exact) mass is 438 g/mol. The summed E-state index contributed by atoms with van der Waals surface area (Å²) in [6, 6.07) is 4.72. The molecule has 2 saturated heterocycles. The molecule has 4 atom stereocenters. The first kappa shape index (κ1) is 21.3. The van der Waals surface area contributed by atoms with Crippen LogP contribution in [-0.2, 0) is 9.59 Å². The van der Waals surface area contributed by atoms with Gasteiger partial charge in [0.2, 0.25) is 11.8 Å². The normalized spacial score (nSPS) is 30.4. The van der Waals surface area contributed by atoms with E-state index in [1.807, 2.05) is 18.7 Å². The van der Waals surface area contributed by atoms with Crippen molar-refractivity contribution < 1.29 is 19.1 Å². The molecule has 2 amide bonds. The summed E-state index contributed by atoms with van der Waals surface area (Å²) in [7, 11) is 0. The van der Waals surface area contributed by atoms with Gasteiger partial charge in [-0.25, -0.2) is 4.39 Å². The molecule has 1 aliphatic carbocycles. The molecule has 1 aromatic carbocycles. The predicted octanol–water partition coefficient (Wildman–Crippen LogP) is 1.69. The summed E-state index contributed by atoms with van der Waals surface area (Å²) in [4.78, 5) is 29.6. The number of aliphatic hydroxyl groups is 1. The van der Waals surface area contributed by atoms with E-state index in [-0.39, 0.29) is 34.7 Å². The number of hydrogen-bond acceptors (Lipinski definition) is 5. The Morgan fingerprint density at radius 1 is 1.40 bits per heavy atom. The number of amides is 2. The molecule has 3 unspecified atom stereocenters. The molecule has 164 valence electrons. The largest absolute Gasteiger partial charge is 0.365 e. The van der Waals surface area contributed by atoms with Crippen molar-refractivity contribution >= 4 is 29.1 Å². The molecule has 30 heavy (non-hydrogen) atoms. The number of rotatable bonds is 5. The van der Waals surface area contributed by atoms with Crippen LogP contribution in [0.15, 0.2) is 18.2 Å². The minimum Gasteiger partial charge on any atom is -0.365 e. The van der Waals surface area contributed by atoms with Crippen LogP contribution >= 0.6 is 11.6 Å². The van der Waals surface area contributed by atoms with Gasteiger partial charge >= 0.3 is 0 Å². The van der Waals surface area contributed by atoms with E-state index in [0.29, 0.717) is 26.1 Å². The number of halogens is 2. The standard InChI is InChI=1S/C21H28ClFN4O3/c1-12(10-21(14-3-4-14)19(29)24-20(30)25-21)18(28)26-7-8-27(13(2)11-26)15-5-6-17(23)16(22)9-15/h5-6,9,12-14,20,25,30H,3-4,7-8,10-11H2,1-2H3,(H,24,29)/t12?,13-,20?,21?/m0/s1. The Bertz CT molecular complexity index is 852. The number of anilines is 1. The average molecular weight is 439 g/mol. The summed E-state index contributed by atoms with van der Waals surface area (Å²) in [5.41, 5.74) is -0.0326. The maximum absolute atomic E-state index is 13.5. The third kappa shape index (κ3) is 3.88. The highest BCUT2D eigenvalue weighted by Gasteiger charge is 2.56. The SMILES string of the molecule is CC(CC1(C2CC2)NC(O)NC1=O)C(=O)N1CCN(c2ccc(F)c(Cl)c2)[C@@H](C)C1. The molecule has 3 N–H and O–H groups in total. The molecule has 0 spiro atoms. The smallest absolute Gasteiger partial charge is 0.243 e. The van der Waals surface area contributed by atoms with E-state index in [1.54, 1.807) is 12.1 Å². The van der Waals surface area contributed by atoms with Crippen molar-refractivity contribution in [2.75, 3.05) is 24.5 Å². The van der Waals surface area contributed by atoms with Crippen LogP contribution in [-0.4, -0.2) is 59.4 Å². The van der Waals surface area contributed by atoms with Crippen LogP contribution in [0, 0.1) is 17.7 Å². The van der Waals surface area contributed by atoms with Crippen LogP contribution in [0.2, 0.25) is 5.02 Å². The zero-order valence-corrected chi connectivity index (χ0v) is 18.0. The lowest BCUT2D eigenvalue weighted by Gasteiger charge is -2.42. The fourth-order valence-electron chi connectivity index (χ4n) is 4.88. The van der Waals surface area contributed by atoms with Gasteiger partial charge in [0.25, 0.3) is 0 Å². The number of aliphatic hydroxyl groups excluding tert-OH is 1. The molecule has 0 aromatic heterocycles. The van der Waals surface area contributed by atoms with E-state index in [0.717, 1.165) is 18.5 Å². The van der Waals surface area contributed by atoms with Crippen LogP contribution in [0.5, 0.6) is 0 Å². The third-order valence-corrected chi connectivity index (χ3v) is 6.85. The Balaban J connectivity index is 1.40. The Labute approximate surface area is 180 Å². The highest BCUT2D eigenvalue weighted by atomic mass is 35.5. The molecule has 0 bridgehead atoms. The molecule has 4 rings (SSSR count). The summed E-state index contributed by atoms with van der Waals surface area (Å²) < 4.78 is 13.5. The van der Waals surface area contributed by atoms with E-state index < -0.39 is 17.7 Å². The summed E-state index contributed by atoms with van der Waals surface area (Å²) in [6.07, 6.45) is 1.14. The first-order valence-corrected chi connectivity index (χ1v) is 10.9. The molecule has 7 nitrogen and oxygen atoms in total. The van der Waals surface area contributed by atoms with Crippen LogP contribution in [0.4, 0.5) is 10.1 Å². The van der Waals surface area contributed by atoms with Crippen molar-refractivity contribution in [3.05, 3.63) is 29.0 Å². The molecule has 9 heteroatoms. The van der Waals surface area contributed by atoms with Crippen molar-refractivity contribution in [3.8, 4) is 0 Å². The number of carbonyl (C=O) groups excluding carboxylic acids is 2. The quantitative estimate of drug-likeness (QED) is 0.651. The molecule has 2 aliphatic heterocycles. The van der Waals surface area contributed by atoms with Gasteiger partial charge in [0.1, 0.15) is 11.4 Å². The zero-order valence-electron chi connectivity index (χ0n) is 17.2. The van der Waals surface area contributed by atoms with Gasteiger partial charge in [0.15, 0.2) is 6.35 Å². The number of nitrogens with zero attached hydrogens (tertiary/aromatic N) is 2. The molecule has 3 aliphatic rings. The Morgan fingerprint density at radius 2 is 2.13 bits per heavy atom. The molecular formula is C21H28ClFN4O3. The second-order valence-corrected chi connectivity index (χ2v) is 9.20. The second-order valence-electron chi connectivity index (χ2n) is 8.80. The van der Waals surface area contributed by atoms with E-state index in [9.17, 15) is 19.1 Å². The number of piperazine rings is 1. The van der Waals surface area contributed by atoms with Crippen LogP contribution in [0.25, 0.3) is 0 Å². The predicted molar refractivity (Wildman–Crippen MR) is 111 cm³/mol. The van der Waals surface area contributed by atoms with Crippen molar-refractivity contribution in [2.24, 2.45) is 11.8 Å². The van der Waals surface area contributed by atoms with Gasteiger partial charge in [-0.15, -0.1) is 0 Å². The van der Waals surface area contributed by atoms with Gasteiger partial charge in [-0.3, -0.25) is 14.9 Å². The van der Waals surface area contributed by atoms with E-state index >= 15 is 0 Å². The minimum absolute atomic E-state index is 0.00894. The van der Waals surface area contributed by atoms with Crippen molar-refractivity contribution in [1.29, 1.82) is 0 Å². The highest BCUT2D eigenvalue weighted by molar-refractivity contribution is 6.31. The van der Waals surface area contributed by atoms with Crippen molar-refractivity contribution in [2.45, 2.75) is 51.0 Å². The maximum atomic E-state index is 13.5. The first-order valence-electron chi connectivity index (χ1n) is 10.5. The lowest BCUT2D eigenvalue weighted by atomic mass is 9.83. The molecule has 1 aromatic rings. The molecule has 0 radical (unpaired) electrons. The number of hydrogen-bond donors (Lipinski definition) is 3. The summed E-state index contributed by atoms with van der Waals surface area (Å²) >= 11 is 5.93. The Hall–Kier alpha value is -1.90.